The number of fused-ring (bicyclic) bond motifs is 2. The minimum Gasteiger partial charge on any atom is -0.465 e. The highest BCUT2D eigenvalue weighted by atomic mass is 19.4. The summed E-state index contributed by atoms with van der Waals surface area (Å²) >= 11 is 0. The number of alkyl halides is 3. The van der Waals surface area contributed by atoms with E-state index in [0.29, 0.717) is 6.42 Å². The van der Waals surface area contributed by atoms with Crippen molar-refractivity contribution in [1.82, 2.24) is 0 Å². The molecule has 5 heteroatoms. The number of esters is 1. The number of halogens is 3. The van der Waals surface area contributed by atoms with Gasteiger partial charge in [0.15, 0.2) is 5.41 Å². The molecule has 2 nitrogen and oxygen atoms in total. The highest BCUT2D eigenvalue weighted by Crippen LogP contribution is 2.57. The summed E-state index contributed by atoms with van der Waals surface area (Å²) in [6.45, 7) is 4.65. The van der Waals surface area contributed by atoms with Gasteiger partial charge in [-0.1, -0.05) is 26.0 Å². The van der Waals surface area contributed by atoms with Crippen LogP contribution in [-0.2, 0) is 9.53 Å². The van der Waals surface area contributed by atoms with Gasteiger partial charge in [-0.2, -0.15) is 13.2 Å². The van der Waals surface area contributed by atoms with Crippen molar-refractivity contribution in [3.8, 4) is 0 Å². The molecular formula is C15H21F3O2. The first-order chi connectivity index (χ1) is 9.16. The Morgan fingerprint density at radius 2 is 1.95 bits per heavy atom. The Kier molecular flexibility index (Phi) is 3.91. The molecule has 0 aromatic heterocycles. The summed E-state index contributed by atoms with van der Waals surface area (Å²) in [5.41, 5.74) is -2.40. The van der Waals surface area contributed by atoms with Crippen LogP contribution in [0.25, 0.3) is 0 Å². The third kappa shape index (κ3) is 2.47. The van der Waals surface area contributed by atoms with E-state index in [1.54, 1.807) is 13.8 Å². The maximum absolute atomic E-state index is 13.5. The van der Waals surface area contributed by atoms with Crippen LogP contribution in [0.5, 0.6) is 0 Å². The standard InChI is InChI=1S/C15H21F3O2/c1-9(2)8-20-13(19)14(3,15(16,17)18)12-7-10-4-5-11(12)6-10/h4-5,9-12H,6-8H2,1-3H3. The van der Waals surface area contributed by atoms with E-state index in [-0.39, 0.29) is 24.4 Å². The third-order valence-electron chi connectivity index (χ3n) is 4.58. The van der Waals surface area contributed by atoms with E-state index in [1.807, 2.05) is 12.2 Å². The minimum absolute atomic E-state index is 0.0244. The Labute approximate surface area is 117 Å². The van der Waals surface area contributed by atoms with Crippen LogP contribution in [0.3, 0.4) is 0 Å². The lowest BCUT2D eigenvalue weighted by atomic mass is 9.70. The molecular weight excluding hydrogens is 269 g/mol. The van der Waals surface area contributed by atoms with Crippen LogP contribution in [0.2, 0.25) is 0 Å². The highest BCUT2D eigenvalue weighted by Gasteiger charge is 2.65. The van der Waals surface area contributed by atoms with Gasteiger partial charge in [0.1, 0.15) is 0 Å². The summed E-state index contributed by atoms with van der Waals surface area (Å²) in [6, 6.07) is 0. The molecule has 0 aliphatic heterocycles. The molecule has 4 unspecified atom stereocenters. The summed E-state index contributed by atoms with van der Waals surface area (Å²) in [5.74, 6) is -1.76. The number of hydrogen-bond acceptors (Lipinski definition) is 2. The van der Waals surface area contributed by atoms with Gasteiger partial charge in [0.25, 0.3) is 0 Å². The predicted molar refractivity (Wildman–Crippen MR) is 68.8 cm³/mol. The van der Waals surface area contributed by atoms with Crippen LogP contribution in [-0.4, -0.2) is 18.8 Å². The topological polar surface area (TPSA) is 26.3 Å². The molecule has 4 atom stereocenters. The Balaban J connectivity index is 2.22. The zero-order valence-electron chi connectivity index (χ0n) is 12.0. The van der Waals surface area contributed by atoms with E-state index < -0.39 is 23.5 Å². The summed E-state index contributed by atoms with van der Waals surface area (Å²) in [5, 5.41) is 0. The highest BCUT2D eigenvalue weighted by molar-refractivity contribution is 5.78. The van der Waals surface area contributed by atoms with Crippen molar-refractivity contribution in [3.05, 3.63) is 12.2 Å². The second kappa shape index (κ2) is 5.08. The van der Waals surface area contributed by atoms with Crippen LogP contribution < -0.4 is 0 Å². The fraction of sp³-hybridized carbons (Fsp3) is 0.800. The molecule has 2 aliphatic carbocycles. The van der Waals surface area contributed by atoms with E-state index >= 15 is 0 Å². The molecule has 1 saturated carbocycles. The Morgan fingerprint density at radius 1 is 1.30 bits per heavy atom. The van der Waals surface area contributed by atoms with E-state index in [9.17, 15) is 18.0 Å². The lowest BCUT2D eigenvalue weighted by Gasteiger charge is -2.38. The molecule has 114 valence electrons. The van der Waals surface area contributed by atoms with Gasteiger partial charge in [-0.05, 0) is 43.4 Å². The number of ether oxygens (including phenoxy) is 1. The number of carbonyl (C=O) groups is 1. The molecule has 2 rings (SSSR count). The molecule has 0 saturated heterocycles. The average Bonchev–Trinajstić information content (AvgIpc) is 2.95. The quantitative estimate of drug-likeness (QED) is 0.578. The van der Waals surface area contributed by atoms with E-state index in [0.717, 1.165) is 13.3 Å². The first-order valence-corrected chi connectivity index (χ1v) is 7.08. The minimum atomic E-state index is -4.58. The molecule has 0 heterocycles. The van der Waals surface area contributed by atoms with Gasteiger partial charge >= 0.3 is 12.1 Å². The lowest BCUT2D eigenvalue weighted by molar-refractivity contribution is -0.246. The normalized spacial score (nSPS) is 31.6. The van der Waals surface area contributed by atoms with Gasteiger partial charge < -0.3 is 4.74 Å². The fourth-order valence-electron chi connectivity index (χ4n) is 3.31. The summed E-state index contributed by atoms with van der Waals surface area (Å²) < 4.78 is 45.5. The Hall–Kier alpha value is -1.00. The summed E-state index contributed by atoms with van der Waals surface area (Å²) in [7, 11) is 0. The van der Waals surface area contributed by atoms with Crippen LogP contribution in [0.4, 0.5) is 13.2 Å². The summed E-state index contributed by atoms with van der Waals surface area (Å²) in [4.78, 5) is 12.1. The number of allylic oxidation sites excluding steroid dienone is 2. The molecule has 1 fully saturated rings. The number of rotatable bonds is 4. The molecule has 0 aromatic rings. The van der Waals surface area contributed by atoms with Crippen molar-refractivity contribution < 1.29 is 22.7 Å². The van der Waals surface area contributed by atoms with Gasteiger partial charge in [0, 0.05) is 0 Å². The van der Waals surface area contributed by atoms with Crippen LogP contribution in [0.15, 0.2) is 12.2 Å². The molecule has 20 heavy (non-hydrogen) atoms. The van der Waals surface area contributed by atoms with Crippen LogP contribution in [0.1, 0.15) is 33.6 Å². The van der Waals surface area contributed by atoms with Gasteiger partial charge in [0.2, 0.25) is 0 Å². The summed E-state index contributed by atoms with van der Waals surface area (Å²) in [6.07, 6.45) is 0.377. The Morgan fingerprint density at radius 3 is 2.35 bits per heavy atom. The third-order valence-corrected chi connectivity index (χ3v) is 4.58. The van der Waals surface area contributed by atoms with Crippen molar-refractivity contribution in [2.75, 3.05) is 6.61 Å². The largest absolute Gasteiger partial charge is 0.465 e. The molecule has 0 N–H and O–H groups in total. The SMILES string of the molecule is CC(C)COC(=O)C(C)(C1CC2C=CC1C2)C(F)(F)F. The van der Waals surface area contributed by atoms with E-state index in [1.165, 1.54) is 0 Å². The first kappa shape index (κ1) is 15.4. The first-order valence-electron chi connectivity index (χ1n) is 7.08. The van der Waals surface area contributed by atoms with Crippen molar-refractivity contribution >= 4 is 5.97 Å². The number of carbonyl (C=O) groups excluding carboxylic acids is 1. The fourth-order valence-corrected chi connectivity index (χ4v) is 3.31. The van der Waals surface area contributed by atoms with Gasteiger partial charge in [-0.15, -0.1) is 0 Å². The molecule has 0 radical (unpaired) electrons. The van der Waals surface area contributed by atoms with Gasteiger partial charge in [0.05, 0.1) is 6.61 Å². The number of hydrogen-bond donors (Lipinski definition) is 0. The molecule has 0 spiro atoms. The van der Waals surface area contributed by atoms with Crippen LogP contribution in [0, 0.1) is 29.1 Å². The molecule has 2 bridgehead atoms. The lowest BCUT2D eigenvalue weighted by Crippen LogP contribution is -2.50. The van der Waals surface area contributed by atoms with E-state index in [2.05, 4.69) is 0 Å². The maximum atomic E-state index is 13.5. The van der Waals surface area contributed by atoms with Crippen molar-refractivity contribution in [3.63, 3.8) is 0 Å². The zero-order valence-corrected chi connectivity index (χ0v) is 12.0. The maximum Gasteiger partial charge on any atom is 0.404 e. The smallest absolute Gasteiger partial charge is 0.404 e. The van der Waals surface area contributed by atoms with E-state index in [4.69, 9.17) is 4.74 Å². The molecule has 2 aliphatic rings. The van der Waals surface area contributed by atoms with Crippen molar-refractivity contribution in [2.24, 2.45) is 29.1 Å². The zero-order chi connectivity index (χ0) is 15.1. The van der Waals surface area contributed by atoms with Crippen LogP contribution >= 0.6 is 0 Å². The molecule has 0 amide bonds. The monoisotopic (exact) mass is 290 g/mol. The second-order valence-corrected chi connectivity index (χ2v) is 6.58. The van der Waals surface area contributed by atoms with Crippen molar-refractivity contribution in [1.29, 1.82) is 0 Å². The van der Waals surface area contributed by atoms with Gasteiger partial charge in [-0.25, -0.2) is 0 Å². The van der Waals surface area contributed by atoms with Gasteiger partial charge in [-0.3, -0.25) is 4.79 Å². The second-order valence-electron chi connectivity index (χ2n) is 6.58. The predicted octanol–water partition coefficient (Wildman–Crippen LogP) is 3.97. The Bertz CT molecular complexity index is 414. The average molecular weight is 290 g/mol. The van der Waals surface area contributed by atoms with Crippen molar-refractivity contribution in [2.45, 2.75) is 39.8 Å². The molecule has 0 aromatic carbocycles.